The van der Waals surface area contributed by atoms with Crippen LogP contribution >= 0.6 is 11.6 Å². The van der Waals surface area contributed by atoms with Crippen LogP contribution in [-0.4, -0.2) is 34.8 Å². The number of halogens is 1. The molecule has 2 N–H and O–H groups in total. The zero-order valence-corrected chi connectivity index (χ0v) is 14.6. The summed E-state index contributed by atoms with van der Waals surface area (Å²) in [6, 6.07) is 1.69. The van der Waals surface area contributed by atoms with E-state index in [4.69, 9.17) is 16.3 Å². The lowest BCUT2D eigenvalue weighted by Gasteiger charge is -2.19. The maximum absolute atomic E-state index is 11.5. The standard InChI is InChI=1S/C15H25ClN4O2/c1-10(2)13-19-11(16)9-12(20-13)17-7-6-8-18-14(21)22-15(3,4)5/h9-10H,6-8H2,1-5H3,(H,18,21)(H,17,19,20). The molecule has 124 valence electrons. The van der Waals surface area contributed by atoms with Gasteiger partial charge in [0, 0.05) is 25.1 Å². The summed E-state index contributed by atoms with van der Waals surface area (Å²) >= 11 is 5.97. The van der Waals surface area contributed by atoms with Crippen LogP contribution in [0.1, 0.15) is 52.8 Å². The summed E-state index contributed by atoms with van der Waals surface area (Å²) < 4.78 is 5.15. The lowest BCUT2D eigenvalue weighted by Crippen LogP contribution is -2.33. The van der Waals surface area contributed by atoms with Crippen molar-refractivity contribution >= 4 is 23.5 Å². The molecule has 0 atom stereocenters. The fraction of sp³-hybridized carbons (Fsp3) is 0.667. The van der Waals surface area contributed by atoms with Crippen molar-refractivity contribution < 1.29 is 9.53 Å². The van der Waals surface area contributed by atoms with Gasteiger partial charge in [-0.3, -0.25) is 0 Å². The minimum Gasteiger partial charge on any atom is -0.444 e. The van der Waals surface area contributed by atoms with E-state index in [1.54, 1.807) is 6.07 Å². The Morgan fingerprint density at radius 1 is 1.32 bits per heavy atom. The number of rotatable bonds is 6. The van der Waals surface area contributed by atoms with E-state index >= 15 is 0 Å². The maximum Gasteiger partial charge on any atom is 0.407 e. The van der Waals surface area contributed by atoms with Crippen LogP contribution in [0.2, 0.25) is 5.15 Å². The number of aromatic nitrogens is 2. The van der Waals surface area contributed by atoms with Crippen molar-refractivity contribution in [1.82, 2.24) is 15.3 Å². The molecule has 0 saturated heterocycles. The van der Waals surface area contributed by atoms with Crippen LogP contribution in [0.25, 0.3) is 0 Å². The molecule has 0 aromatic carbocycles. The zero-order chi connectivity index (χ0) is 16.8. The Balaban J connectivity index is 2.32. The van der Waals surface area contributed by atoms with E-state index in [-0.39, 0.29) is 5.92 Å². The first kappa shape index (κ1) is 18.5. The molecule has 0 aliphatic rings. The Hall–Kier alpha value is -1.56. The summed E-state index contributed by atoms with van der Waals surface area (Å²) in [6.45, 7) is 10.7. The van der Waals surface area contributed by atoms with E-state index in [1.165, 1.54) is 0 Å². The molecule has 0 spiro atoms. The monoisotopic (exact) mass is 328 g/mol. The second-order valence-corrected chi connectivity index (χ2v) is 6.69. The van der Waals surface area contributed by atoms with Crippen LogP contribution in [-0.2, 0) is 4.74 Å². The van der Waals surface area contributed by atoms with Crippen molar-refractivity contribution in [3.63, 3.8) is 0 Å². The van der Waals surface area contributed by atoms with Crippen molar-refractivity contribution in [1.29, 1.82) is 0 Å². The SMILES string of the molecule is CC(C)c1nc(Cl)cc(NCCCNC(=O)OC(C)(C)C)n1. The summed E-state index contributed by atoms with van der Waals surface area (Å²) in [4.78, 5) is 20.0. The average molecular weight is 329 g/mol. The van der Waals surface area contributed by atoms with E-state index in [2.05, 4.69) is 20.6 Å². The fourth-order valence-corrected chi connectivity index (χ4v) is 1.78. The van der Waals surface area contributed by atoms with E-state index in [0.29, 0.717) is 29.9 Å². The number of carbonyl (C=O) groups is 1. The Labute approximate surface area is 137 Å². The van der Waals surface area contributed by atoms with Crippen molar-refractivity contribution in [2.45, 2.75) is 52.6 Å². The number of nitrogens with one attached hydrogen (secondary N) is 2. The van der Waals surface area contributed by atoms with Gasteiger partial charge in [-0.1, -0.05) is 25.4 Å². The fourth-order valence-electron chi connectivity index (χ4n) is 1.59. The highest BCUT2D eigenvalue weighted by molar-refractivity contribution is 6.29. The molecule has 1 aromatic heterocycles. The van der Waals surface area contributed by atoms with Gasteiger partial charge in [0.25, 0.3) is 0 Å². The molecule has 0 unspecified atom stereocenters. The molecule has 0 aliphatic carbocycles. The Kier molecular flexibility index (Phi) is 6.87. The Morgan fingerprint density at radius 3 is 2.59 bits per heavy atom. The number of nitrogens with zero attached hydrogens (tertiary/aromatic N) is 2. The van der Waals surface area contributed by atoms with Gasteiger partial charge in [0.1, 0.15) is 22.4 Å². The van der Waals surface area contributed by atoms with Gasteiger partial charge < -0.3 is 15.4 Å². The molecule has 6 nitrogen and oxygen atoms in total. The second kappa shape index (κ2) is 8.17. The minimum atomic E-state index is -0.479. The minimum absolute atomic E-state index is 0.216. The zero-order valence-electron chi connectivity index (χ0n) is 13.9. The number of ether oxygens (including phenoxy) is 1. The third-order valence-electron chi connectivity index (χ3n) is 2.56. The number of carbonyl (C=O) groups excluding carboxylic acids is 1. The van der Waals surface area contributed by atoms with Crippen LogP contribution in [0.5, 0.6) is 0 Å². The van der Waals surface area contributed by atoms with Crippen LogP contribution < -0.4 is 10.6 Å². The highest BCUT2D eigenvalue weighted by Gasteiger charge is 2.15. The lowest BCUT2D eigenvalue weighted by atomic mass is 10.2. The first-order valence-electron chi connectivity index (χ1n) is 7.42. The predicted molar refractivity (Wildman–Crippen MR) is 88.5 cm³/mol. The summed E-state index contributed by atoms with van der Waals surface area (Å²) in [5, 5.41) is 6.31. The molecule has 7 heteroatoms. The van der Waals surface area contributed by atoms with Crippen LogP contribution in [0.4, 0.5) is 10.6 Å². The second-order valence-electron chi connectivity index (χ2n) is 6.30. The average Bonchev–Trinajstić information content (AvgIpc) is 2.35. The van der Waals surface area contributed by atoms with Gasteiger partial charge >= 0.3 is 6.09 Å². The smallest absolute Gasteiger partial charge is 0.407 e. The molecule has 0 aliphatic heterocycles. The third-order valence-corrected chi connectivity index (χ3v) is 2.75. The molecular weight excluding hydrogens is 304 g/mol. The van der Waals surface area contributed by atoms with Crippen molar-refractivity contribution in [3.05, 3.63) is 17.0 Å². The Bertz CT molecular complexity index is 501. The summed E-state index contributed by atoms with van der Waals surface area (Å²) in [6.07, 6.45) is 0.345. The summed E-state index contributed by atoms with van der Waals surface area (Å²) in [5.74, 6) is 1.62. The molecule has 1 rings (SSSR count). The van der Waals surface area contributed by atoms with E-state index in [9.17, 15) is 4.79 Å². The molecule has 0 radical (unpaired) electrons. The topological polar surface area (TPSA) is 76.1 Å². The molecule has 0 fully saturated rings. The molecular formula is C15H25ClN4O2. The maximum atomic E-state index is 11.5. The molecule has 1 amide bonds. The molecule has 1 heterocycles. The molecule has 22 heavy (non-hydrogen) atoms. The van der Waals surface area contributed by atoms with Gasteiger partial charge in [-0.25, -0.2) is 14.8 Å². The van der Waals surface area contributed by atoms with Gasteiger partial charge in [0.2, 0.25) is 0 Å². The van der Waals surface area contributed by atoms with E-state index in [0.717, 1.165) is 6.42 Å². The van der Waals surface area contributed by atoms with Crippen LogP contribution in [0.15, 0.2) is 6.07 Å². The van der Waals surface area contributed by atoms with E-state index < -0.39 is 11.7 Å². The van der Waals surface area contributed by atoms with Gasteiger partial charge in [-0.15, -0.1) is 0 Å². The molecule has 0 bridgehead atoms. The summed E-state index contributed by atoms with van der Waals surface area (Å²) in [7, 11) is 0. The number of hydrogen-bond acceptors (Lipinski definition) is 5. The predicted octanol–water partition coefficient (Wildman–Crippen LogP) is 3.58. The van der Waals surface area contributed by atoms with Gasteiger partial charge in [0.05, 0.1) is 0 Å². The first-order valence-corrected chi connectivity index (χ1v) is 7.80. The highest BCUT2D eigenvalue weighted by atomic mass is 35.5. The highest BCUT2D eigenvalue weighted by Crippen LogP contribution is 2.16. The van der Waals surface area contributed by atoms with Crippen LogP contribution in [0.3, 0.4) is 0 Å². The van der Waals surface area contributed by atoms with Crippen molar-refractivity contribution in [3.8, 4) is 0 Å². The number of alkyl carbamates (subject to hydrolysis) is 1. The quantitative estimate of drug-likeness (QED) is 0.616. The van der Waals surface area contributed by atoms with Crippen molar-refractivity contribution in [2.75, 3.05) is 18.4 Å². The van der Waals surface area contributed by atoms with E-state index in [1.807, 2.05) is 34.6 Å². The molecule has 1 aromatic rings. The molecule has 0 saturated carbocycles. The number of hydrogen-bond donors (Lipinski definition) is 2. The summed E-state index contributed by atoms with van der Waals surface area (Å²) in [5.41, 5.74) is -0.479. The normalized spacial score (nSPS) is 11.4. The largest absolute Gasteiger partial charge is 0.444 e. The van der Waals surface area contributed by atoms with Crippen molar-refractivity contribution in [2.24, 2.45) is 0 Å². The van der Waals surface area contributed by atoms with Crippen LogP contribution in [0, 0.1) is 0 Å². The van der Waals surface area contributed by atoms with Gasteiger partial charge in [-0.2, -0.15) is 0 Å². The third kappa shape index (κ3) is 7.45. The Morgan fingerprint density at radius 2 is 2.00 bits per heavy atom. The van der Waals surface area contributed by atoms with Gasteiger partial charge in [0.15, 0.2) is 0 Å². The first-order chi connectivity index (χ1) is 10.2. The number of anilines is 1. The number of amides is 1. The van der Waals surface area contributed by atoms with Gasteiger partial charge in [-0.05, 0) is 27.2 Å². The lowest BCUT2D eigenvalue weighted by molar-refractivity contribution is 0.0528.